The molecule has 0 unspecified atom stereocenters. The van der Waals surface area contributed by atoms with Gasteiger partial charge in [0, 0.05) is 6.42 Å². The number of halogens is 3. The number of benzene rings is 1. The zero-order valence-electron chi connectivity index (χ0n) is 8.20. The Bertz CT molecular complexity index is 402. The second-order valence-corrected chi connectivity index (χ2v) is 4.15. The van der Waals surface area contributed by atoms with Crippen molar-refractivity contribution in [3.63, 3.8) is 0 Å². The van der Waals surface area contributed by atoms with Crippen LogP contribution in [-0.4, -0.2) is 12.7 Å². The van der Waals surface area contributed by atoms with Gasteiger partial charge in [-0.05, 0) is 33.6 Å². The zero-order valence-corrected chi connectivity index (χ0v) is 10.6. The lowest BCUT2D eigenvalue weighted by molar-refractivity contribution is 0.115. The van der Waals surface area contributed by atoms with Crippen LogP contribution in [0.1, 0.15) is 18.0 Å². The van der Waals surface area contributed by atoms with Crippen LogP contribution in [0, 0.1) is 5.82 Å². The average Bonchev–Trinajstić information content (AvgIpc) is 2.22. The molecule has 0 aromatic heterocycles. The Morgan fingerprint density at radius 2 is 2.25 bits per heavy atom. The van der Waals surface area contributed by atoms with Gasteiger partial charge in [0.2, 0.25) is 0 Å². The van der Waals surface area contributed by atoms with Crippen LogP contribution in [0.15, 0.2) is 22.7 Å². The highest BCUT2D eigenvalue weighted by molar-refractivity contribution is 9.10. The molecule has 0 radical (unpaired) electrons. The number of nitrogens with one attached hydrogen (secondary N) is 1. The minimum absolute atomic E-state index is 0. The summed E-state index contributed by atoms with van der Waals surface area (Å²) < 4.78 is 18.4. The Labute approximate surface area is 107 Å². The van der Waals surface area contributed by atoms with E-state index in [1.54, 1.807) is 12.1 Å². The summed E-state index contributed by atoms with van der Waals surface area (Å²) in [6.07, 6.45) is 0.210. The van der Waals surface area contributed by atoms with Gasteiger partial charge in [-0.2, -0.15) is 0 Å². The maximum atomic E-state index is 13.2. The topological polar surface area (TPSA) is 38.3 Å². The van der Waals surface area contributed by atoms with Gasteiger partial charge in [0.25, 0.3) is 0 Å². The zero-order chi connectivity index (χ0) is 10.8. The van der Waals surface area contributed by atoms with E-state index >= 15 is 0 Å². The molecule has 0 spiro atoms. The van der Waals surface area contributed by atoms with E-state index in [0.29, 0.717) is 17.5 Å². The molecule has 0 bridgehead atoms. The van der Waals surface area contributed by atoms with E-state index in [9.17, 15) is 9.18 Å². The predicted octanol–water partition coefficient (Wildman–Crippen LogP) is 3.18. The molecule has 1 aliphatic heterocycles. The number of carbonyl (C=O) groups is 1. The van der Waals surface area contributed by atoms with Crippen molar-refractivity contribution >= 4 is 34.4 Å². The molecule has 1 N–H and O–H groups in total. The largest absolute Gasteiger partial charge is 0.449 e. The fourth-order valence-corrected chi connectivity index (χ4v) is 1.75. The predicted molar refractivity (Wildman–Crippen MR) is 63.2 cm³/mol. The van der Waals surface area contributed by atoms with Gasteiger partial charge in [-0.15, -0.1) is 12.4 Å². The fourth-order valence-electron chi connectivity index (χ4n) is 1.50. The minimum Gasteiger partial charge on any atom is -0.449 e. The summed E-state index contributed by atoms with van der Waals surface area (Å²) in [6, 6.07) is 4.67. The summed E-state index contributed by atoms with van der Waals surface area (Å²) >= 11 is 3.08. The molecule has 0 saturated carbocycles. The van der Waals surface area contributed by atoms with Gasteiger partial charge < -0.3 is 10.1 Å². The van der Waals surface area contributed by atoms with Crippen LogP contribution in [0.4, 0.5) is 9.18 Å². The number of ether oxygens (including phenoxy) is 1. The van der Waals surface area contributed by atoms with Crippen LogP contribution in [0.5, 0.6) is 0 Å². The van der Waals surface area contributed by atoms with Crippen LogP contribution >= 0.6 is 28.3 Å². The lowest BCUT2D eigenvalue weighted by Gasteiger charge is -2.23. The maximum absolute atomic E-state index is 13.2. The average molecular weight is 311 g/mol. The van der Waals surface area contributed by atoms with Crippen molar-refractivity contribution in [2.75, 3.05) is 6.61 Å². The van der Waals surface area contributed by atoms with Gasteiger partial charge >= 0.3 is 6.09 Å². The lowest BCUT2D eigenvalue weighted by Crippen LogP contribution is -2.35. The molecule has 2 rings (SSSR count). The van der Waals surface area contributed by atoms with E-state index in [0.717, 1.165) is 5.56 Å². The van der Waals surface area contributed by atoms with Gasteiger partial charge in [0.05, 0.1) is 17.1 Å². The summed E-state index contributed by atoms with van der Waals surface area (Å²) in [6.45, 7) is 0.369. The number of hydrogen-bond donors (Lipinski definition) is 1. The monoisotopic (exact) mass is 309 g/mol. The molecule has 3 nitrogen and oxygen atoms in total. The first-order chi connectivity index (χ1) is 7.16. The van der Waals surface area contributed by atoms with Crippen molar-refractivity contribution in [3.05, 3.63) is 34.1 Å². The molecule has 88 valence electrons. The van der Waals surface area contributed by atoms with Crippen molar-refractivity contribution in [2.24, 2.45) is 0 Å². The minimum atomic E-state index is -0.449. The van der Waals surface area contributed by atoms with E-state index in [-0.39, 0.29) is 24.3 Å². The molecule has 16 heavy (non-hydrogen) atoms. The second-order valence-electron chi connectivity index (χ2n) is 3.30. The fraction of sp³-hybridized carbons (Fsp3) is 0.300. The Kier molecular flexibility index (Phi) is 4.56. The highest BCUT2D eigenvalue weighted by Crippen LogP contribution is 2.24. The van der Waals surface area contributed by atoms with E-state index in [4.69, 9.17) is 4.74 Å². The summed E-state index contributed by atoms with van der Waals surface area (Å²) in [7, 11) is 0. The van der Waals surface area contributed by atoms with Crippen LogP contribution in [-0.2, 0) is 4.74 Å². The molecule has 1 saturated heterocycles. The Morgan fingerprint density at radius 1 is 1.50 bits per heavy atom. The summed E-state index contributed by atoms with van der Waals surface area (Å²) in [5, 5.41) is 2.64. The van der Waals surface area contributed by atoms with Crippen LogP contribution in [0.25, 0.3) is 0 Å². The van der Waals surface area contributed by atoms with Gasteiger partial charge in [0.1, 0.15) is 5.82 Å². The van der Waals surface area contributed by atoms with E-state index < -0.39 is 6.09 Å². The number of amides is 1. The normalized spacial score (nSPS) is 19.4. The Morgan fingerprint density at radius 3 is 2.88 bits per heavy atom. The number of cyclic esters (lactones) is 1. The molecule has 1 atom stereocenters. The smallest absolute Gasteiger partial charge is 0.407 e. The molecule has 1 amide bonds. The van der Waals surface area contributed by atoms with Gasteiger partial charge in [-0.1, -0.05) is 6.07 Å². The van der Waals surface area contributed by atoms with E-state index in [1.807, 2.05) is 0 Å². The summed E-state index contributed by atoms with van der Waals surface area (Å²) in [5.41, 5.74) is 0.757. The Balaban J connectivity index is 0.00000128. The molecule has 6 heteroatoms. The number of rotatable bonds is 1. The number of hydrogen-bond acceptors (Lipinski definition) is 2. The molecular weight excluding hydrogens is 300 g/mol. The van der Waals surface area contributed by atoms with E-state index in [2.05, 4.69) is 21.2 Å². The first-order valence-corrected chi connectivity index (χ1v) is 5.34. The lowest BCUT2D eigenvalue weighted by atomic mass is 10.0. The SMILES string of the molecule is Cl.O=C1N[C@@H](c2ccc(Br)c(F)c2)CCO1. The molecule has 1 heterocycles. The van der Waals surface area contributed by atoms with Crippen molar-refractivity contribution in [1.82, 2.24) is 5.32 Å². The quantitative estimate of drug-likeness (QED) is 0.865. The molecule has 1 aromatic carbocycles. The second kappa shape index (κ2) is 5.50. The highest BCUT2D eigenvalue weighted by Gasteiger charge is 2.21. The third-order valence-electron chi connectivity index (χ3n) is 2.28. The van der Waals surface area contributed by atoms with Gasteiger partial charge in [-0.3, -0.25) is 0 Å². The molecule has 0 aliphatic carbocycles. The molecule has 1 fully saturated rings. The van der Waals surface area contributed by atoms with Crippen molar-refractivity contribution in [2.45, 2.75) is 12.5 Å². The third-order valence-corrected chi connectivity index (χ3v) is 2.92. The van der Waals surface area contributed by atoms with Crippen LogP contribution in [0.2, 0.25) is 0 Å². The van der Waals surface area contributed by atoms with Gasteiger partial charge in [0.15, 0.2) is 0 Å². The maximum Gasteiger partial charge on any atom is 0.407 e. The summed E-state index contributed by atoms with van der Waals surface area (Å²) in [5.74, 6) is -0.326. The van der Waals surface area contributed by atoms with Crippen LogP contribution < -0.4 is 5.32 Å². The van der Waals surface area contributed by atoms with Crippen molar-refractivity contribution < 1.29 is 13.9 Å². The van der Waals surface area contributed by atoms with Gasteiger partial charge in [-0.25, -0.2) is 9.18 Å². The molecule has 1 aromatic rings. The van der Waals surface area contributed by atoms with Crippen LogP contribution in [0.3, 0.4) is 0 Å². The standard InChI is InChI=1S/C10H9BrFNO2.ClH/c11-7-2-1-6(5-8(7)12)9-3-4-15-10(14)13-9;/h1-2,5,9H,3-4H2,(H,13,14);1H/t9-;/m1./s1. The molecule has 1 aliphatic rings. The van der Waals surface area contributed by atoms with Crippen molar-refractivity contribution in [1.29, 1.82) is 0 Å². The first-order valence-electron chi connectivity index (χ1n) is 4.55. The number of alkyl carbamates (subject to hydrolysis) is 1. The Hall–Kier alpha value is -0.810. The number of carbonyl (C=O) groups excluding carboxylic acids is 1. The summed E-state index contributed by atoms with van der Waals surface area (Å²) in [4.78, 5) is 11.0. The van der Waals surface area contributed by atoms with Crippen molar-refractivity contribution in [3.8, 4) is 0 Å². The van der Waals surface area contributed by atoms with E-state index in [1.165, 1.54) is 6.07 Å². The third kappa shape index (κ3) is 2.86. The molecular formula is C10H10BrClFNO2. The first kappa shape index (κ1) is 13.3. The highest BCUT2D eigenvalue weighted by atomic mass is 79.9.